The van der Waals surface area contributed by atoms with Crippen molar-refractivity contribution in [2.45, 2.75) is 4.90 Å². The number of hydrazine groups is 1. The molecule has 32 heavy (non-hydrogen) atoms. The summed E-state index contributed by atoms with van der Waals surface area (Å²) in [6.07, 6.45) is 0. The summed E-state index contributed by atoms with van der Waals surface area (Å²) in [5.41, 5.74) is 3.74. The van der Waals surface area contributed by atoms with Gasteiger partial charge in [-0.25, -0.2) is 8.42 Å². The number of amides is 3. The molecule has 3 N–H and O–H groups in total. The molecule has 0 aliphatic carbocycles. The largest absolute Gasteiger partial charge is 0.343 e. The number of hydrogen-bond acceptors (Lipinski definition) is 7. The molecule has 0 unspecified atom stereocenters. The number of nitro groups is 1. The van der Waals surface area contributed by atoms with Gasteiger partial charge >= 0.3 is 0 Å². The van der Waals surface area contributed by atoms with Gasteiger partial charge in [-0.3, -0.25) is 35.3 Å². The Morgan fingerprint density at radius 3 is 2.31 bits per heavy atom. The second-order valence-corrected chi connectivity index (χ2v) is 8.78. The number of nitrogens with one attached hydrogen (secondary N) is 3. The number of hydrogen-bond donors (Lipinski definition) is 3. The van der Waals surface area contributed by atoms with Crippen LogP contribution in [0, 0.1) is 10.1 Å². The maximum absolute atomic E-state index is 12.4. The molecule has 14 heteroatoms. The lowest BCUT2D eigenvalue weighted by atomic mass is 10.2. The molecule has 0 heterocycles. The van der Waals surface area contributed by atoms with Crippen molar-refractivity contribution >= 4 is 45.0 Å². The fourth-order valence-electron chi connectivity index (χ4n) is 2.32. The first kappa shape index (κ1) is 24.7. The van der Waals surface area contributed by atoms with Crippen molar-refractivity contribution in [3.8, 4) is 0 Å². The van der Waals surface area contributed by atoms with Crippen LogP contribution in [0.25, 0.3) is 0 Å². The van der Waals surface area contributed by atoms with Crippen LogP contribution >= 0.6 is 11.6 Å². The average molecular weight is 484 g/mol. The van der Waals surface area contributed by atoms with E-state index in [1.54, 1.807) is 0 Å². The minimum atomic E-state index is -3.95. The van der Waals surface area contributed by atoms with Crippen LogP contribution in [0.1, 0.15) is 10.4 Å². The minimum Gasteiger partial charge on any atom is -0.343 e. The van der Waals surface area contributed by atoms with Crippen LogP contribution in [-0.2, 0) is 19.6 Å². The minimum absolute atomic E-state index is 0.0231. The SMILES string of the molecule is CN(CC(=O)NNC(=O)CNC(=O)c1cccc([N+](=O)[O-])c1)S(=O)(=O)c1ccc(Cl)cc1. The van der Waals surface area contributed by atoms with Crippen molar-refractivity contribution < 1.29 is 27.7 Å². The zero-order chi connectivity index (χ0) is 23.9. The van der Waals surface area contributed by atoms with Crippen LogP contribution < -0.4 is 16.2 Å². The van der Waals surface area contributed by atoms with Crippen LogP contribution in [0.5, 0.6) is 0 Å². The molecule has 0 saturated carbocycles. The number of carbonyl (C=O) groups is 3. The normalized spacial score (nSPS) is 11.0. The summed E-state index contributed by atoms with van der Waals surface area (Å²) < 4.78 is 25.6. The fraction of sp³-hybridized carbons (Fsp3) is 0.167. The molecule has 0 atom stereocenters. The number of rotatable bonds is 8. The third kappa shape index (κ3) is 6.73. The Hall–Kier alpha value is -3.55. The van der Waals surface area contributed by atoms with E-state index < -0.39 is 45.8 Å². The Morgan fingerprint density at radius 2 is 1.69 bits per heavy atom. The second kappa shape index (κ2) is 10.7. The Labute approximate surface area is 187 Å². The van der Waals surface area contributed by atoms with E-state index in [1.807, 2.05) is 10.9 Å². The summed E-state index contributed by atoms with van der Waals surface area (Å²) in [4.78, 5) is 45.8. The third-order valence-electron chi connectivity index (χ3n) is 3.96. The van der Waals surface area contributed by atoms with E-state index in [0.29, 0.717) is 5.02 Å². The molecular weight excluding hydrogens is 466 g/mol. The number of non-ortho nitro benzene ring substituents is 1. The average Bonchev–Trinajstić information content (AvgIpc) is 2.76. The first-order valence-corrected chi connectivity index (χ1v) is 10.6. The molecule has 0 bridgehead atoms. The van der Waals surface area contributed by atoms with Gasteiger partial charge in [0.05, 0.1) is 22.9 Å². The lowest BCUT2D eigenvalue weighted by Gasteiger charge is -2.17. The number of benzene rings is 2. The van der Waals surface area contributed by atoms with E-state index in [0.717, 1.165) is 10.4 Å². The maximum atomic E-state index is 12.4. The standard InChI is InChI=1S/C18H18ClN5O7S/c1-23(32(30,31)15-7-5-13(19)6-8-15)11-17(26)22-21-16(25)10-20-18(27)12-3-2-4-14(9-12)24(28)29/h2-9H,10-11H2,1H3,(H,20,27)(H,21,25)(H,22,26). The van der Waals surface area contributed by atoms with Gasteiger partial charge < -0.3 is 5.32 Å². The highest BCUT2D eigenvalue weighted by Gasteiger charge is 2.23. The van der Waals surface area contributed by atoms with E-state index >= 15 is 0 Å². The lowest BCUT2D eigenvalue weighted by Crippen LogP contribution is -2.49. The molecular formula is C18H18ClN5O7S. The number of sulfonamides is 1. The Bertz CT molecular complexity index is 1140. The van der Waals surface area contributed by atoms with Crippen molar-refractivity contribution in [2.24, 2.45) is 0 Å². The molecule has 0 aliphatic heterocycles. The summed E-state index contributed by atoms with van der Waals surface area (Å²) in [5.74, 6) is -2.37. The molecule has 0 fully saturated rings. The Morgan fingerprint density at radius 1 is 1.06 bits per heavy atom. The fourth-order valence-corrected chi connectivity index (χ4v) is 3.57. The molecule has 2 rings (SSSR count). The molecule has 2 aromatic rings. The van der Waals surface area contributed by atoms with Crippen LogP contribution in [0.4, 0.5) is 5.69 Å². The van der Waals surface area contributed by atoms with E-state index in [-0.39, 0.29) is 16.1 Å². The molecule has 3 amide bonds. The van der Waals surface area contributed by atoms with Crippen molar-refractivity contribution in [1.29, 1.82) is 0 Å². The van der Waals surface area contributed by atoms with Gasteiger partial charge in [-0.2, -0.15) is 4.31 Å². The molecule has 0 aliphatic rings. The summed E-state index contributed by atoms with van der Waals surface area (Å²) >= 11 is 5.73. The zero-order valence-corrected chi connectivity index (χ0v) is 18.1. The van der Waals surface area contributed by atoms with E-state index in [9.17, 15) is 32.9 Å². The van der Waals surface area contributed by atoms with Crippen molar-refractivity contribution in [2.75, 3.05) is 20.1 Å². The van der Waals surface area contributed by atoms with Gasteiger partial charge in [-0.1, -0.05) is 17.7 Å². The molecule has 12 nitrogen and oxygen atoms in total. The topological polar surface area (TPSA) is 168 Å². The van der Waals surface area contributed by atoms with Gasteiger partial charge in [0.25, 0.3) is 23.4 Å². The van der Waals surface area contributed by atoms with Gasteiger partial charge in [-0.05, 0) is 30.3 Å². The van der Waals surface area contributed by atoms with Crippen molar-refractivity contribution in [3.05, 3.63) is 69.2 Å². The first-order chi connectivity index (χ1) is 15.0. The molecule has 170 valence electrons. The van der Waals surface area contributed by atoms with Crippen LogP contribution in [0.3, 0.4) is 0 Å². The number of carbonyl (C=O) groups excluding carboxylic acids is 3. The molecule has 0 aromatic heterocycles. The van der Waals surface area contributed by atoms with Gasteiger partial charge in [0, 0.05) is 29.8 Å². The van der Waals surface area contributed by atoms with Gasteiger partial charge in [-0.15, -0.1) is 0 Å². The molecule has 0 radical (unpaired) electrons. The van der Waals surface area contributed by atoms with Gasteiger partial charge in [0.2, 0.25) is 10.0 Å². The summed E-state index contributed by atoms with van der Waals surface area (Å²) in [6.45, 7) is -1.13. The summed E-state index contributed by atoms with van der Waals surface area (Å²) in [5, 5.41) is 13.3. The zero-order valence-electron chi connectivity index (χ0n) is 16.6. The highest BCUT2D eigenvalue weighted by atomic mass is 35.5. The number of nitrogens with zero attached hydrogens (tertiary/aromatic N) is 2. The van der Waals surface area contributed by atoms with Crippen LogP contribution in [-0.4, -0.2) is 55.5 Å². The number of nitro benzene ring substituents is 1. The van der Waals surface area contributed by atoms with Gasteiger partial charge in [0.1, 0.15) is 0 Å². The predicted octanol–water partition coefficient (Wildman–Crippen LogP) is 0.446. The smallest absolute Gasteiger partial charge is 0.270 e. The molecule has 0 saturated heterocycles. The van der Waals surface area contributed by atoms with Crippen LogP contribution in [0.15, 0.2) is 53.4 Å². The van der Waals surface area contributed by atoms with Crippen LogP contribution in [0.2, 0.25) is 5.02 Å². The molecule has 2 aromatic carbocycles. The number of halogens is 1. The predicted molar refractivity (Wildman–Crippen MR) is 113 cm³/mol. The van der Waals surface area contributed by atoms with E-state index in [4.69, 9.17) is 11.6 Å². The quantitative estimate of drug-likeness (QED) is 0.361. The second-order valence-electron chi connectivity index (χ2n) is 6.30. The Balaban J connectivity index is 1.81. The lowest BCUT2D eigenvalue weighted by molar-refractivity contribution is -0.384. The van der Waals surface area contributed by atoms with E-state index in [1.165, 1.54) is 49.5 Å². The number of likely N-dealkylation sites (N-methyl/N-ethyl adjacent to an activating group) is 1. The van der Waals surface area contributed by atoms with E-state index in [2.05, 4.69) is 5.32 Å². The van der Waals surface area contributed by atoms with Crippen molar-refractivity contribution in [1.82, 2.24) is 20.5 Å². The maximum Gasteiger partial charge on any atom is 0.270 e. The summed E-state index contributed by atoms with van der Waals surface area (Å²) in [7, 11) is -2.77. The third-order valence-corrected chi connectivity index (χ3v) is 6.03. The summed E-state index contributed by atoms with van der Waals surface area (Å²) in [6, 6.07) is 10.3. The highest BCUT2D eigenvalue weighted by molar-refractivity contribution is 7.89. The molecule has 0 spiro atoms. The highest BCUT2D eigenvalue weighted by Crippen LogP contribution is 2.17. The monoisotopic (exact) mass is 483 g/mol. The first-order valence-electron chi connectivity index (χ1n) is 8.83. The Kier molecular flexibility index (Phi) is 8.23. The van der Waals surface area contributed by atoms with Gasteiger partial charge in [0.15, 0.2) is 0 Å². The van der Waals surface area contributed by atoms with Crippen molar-refractivity contribution in [3.63, 3.8) is 0 Å².